The van der Waals surface area contributed by atoms with E-state index in [2.05, 4.69) is 11.4 Å². The van der Waals surface area contributed by atoms with E-state index in [0.29, 0.717) is 12.2 Å². The third-order valence-electron chi connectivity index (χ3n) is 7.05. The Balaban J connectivity index is 1.52. The van der Waals surface area contributed by atoms with Crippen LogP contribution in [0.25, 0.3) is 0 Å². The van der Waals surface area contributed by atoms with Gasteiger partial charge in [-0.15, -0.1) is 11.8 Å². The van der Waals surface area contributed by atoms with Gasteiger partial charge >= 0.3 is 6.03 Å². The lowest BCUT2D eigenvalue weighted by molar-refractivity contribution is -0.126. The summed E-state index contributed by atoms with van der Waals surface area (Å²) >= 11 is 1.51. The molecule has 2 unspecified atom stereocenters. The van der Waals surface area contributed by atoms with E-state index < -0.39 is 11.9 Å². The summed E-state index contributed by atoms with van der Waals surface area (Å²) in [7, 11) is 0. The van der Waals surface area contributed by atoms with E-state index >= 15 is 0 Å². The Morgan fingerprint density at radius 3 is 2.61 bits per heavy atom. The maximum atomic E-state index is 13.6. The highest BCUT2D eigenvalue weighted by molar-refractivity contribution is 8.03. The standard InChI is InChI=1S/C26H33N3O3S/c1-16-10-11-21(14-17(16)2)29-24(31)23-18(3)19(4)33-25(23)28(26(29)32)15-22(30)27-13-12-20-8-6-5-7-9-20/h8,10-11,14,23,25H,5-7,9,12-13,15H2,1-4H3,(H,27,30). The maximum Gasteiger partial charge on any atom is 0.332 e. The molecule has 1 N–H and O–H groups in total. The molecule has 176 valence electrons. The van der Waals surface area contributed by atoms with Gasteiger partial charge in [-0.25, -0.2) is 9.69 Å². The summed E-state index contributed by atoms with van der Waals surface area (Å²) in [4.78, 5) is 43.7. The van der Waals surface area contributed by atoms with Crippen molar-refractivity contribution in [1.29, 1.82) is 0 Å². The first-order valence-corrected chi connectivity index (χ1v) is 12.7. The molecule has 1 saturated heterocycles. The van der Waals surface area contributed by atoms with Crippen molar-refractivity contribution in [2.24, 2.45) is 5.92 Å². The number of aryl methyl sites for hydroxylation is 2. The summed E-state index contributed by atoms with van der Waals surface area (Å²) in [6.07, 6.45) is 7.84. The molecule has 1 aromatic rings. The quantitative estimate of drug-likeness (QED) is 0.594. The normalized spacial score (nSPS) is 23.1. The second kappa shape index (κ2) is 9.75. The minimum absolute atomic E-state index is 0.0543. The molecule has 0 saturated carbocycles. The molecule has 2 heterocycles. The average molecular weight is 468 g/mol. The van der Waals surface area contributed by atoms with Crippen LogP contribution in [0.3, 0.4) is 0 Å². The fraction of sp³-hybridized carbons (Fsp3) is 0.500. The SMILES string of the molecule is CC1=C(C)C2C(=O)N(c3ccc(C)c(C)c3)C(=O)N(CC(=O)NCCC3=CCCCC3)C2S1. The Bertz CT molecular complexity index is 1050. The Hall–Kier alpha value is -2.54. The van der Waals surface area contributed by atoms with Gasteiger partial charge in [-0.05, 0) is 93.5 Å². The molecule has 0 radical (unpaired) electrons. The van der Waals surface area contributed by atoms with Crippen molar-refractivity contribution < 1.29 is 14.4 Å². The Morgan fingerprint density at radius 1 is 1.12 bits per heavy atom. The fourth-order valence-corrected chi connectivity index (χ4v) is 6.18. The number of anilines is 1. The summed E-state index contributed by atoms with van der Waals surface area (Å²) in [6, 6.07) is 5.17. The molecule has 0 aromatic heterocycles. The van der Waals surface area contributed by atoms with Crippen molar-refractivity contribution in [1.82, 2.24) is 10.2 Å². The summed E-state index contributed by atoms with van der Waals surface area (Å²) in [5.41, 5.74) is 5.06. The van der Waals surface area contributed by atoms with Gasteiger partial charge in [-0.3, -0.25) is 9.59 Å². The van der Waals surface area contributed by atoms with Gasteiger partial charge in [-0.1, -0.05) is 17.7 Å². The van der Waals surface area contributed by atoms with Crippen molar-refractivity contribution >= 4 is 35.3 Å². The second-order valence-corrected chi connectivity index (χ2v) is 10.6. The number of nitrogens with zero attached hydrogens (tertiary/aromatic N) is 2. The number of hydrogen-bond acceptors (Lipinski definition) is 4. The lowest BCUT2D eigenvalue weighted by atomic mass is 9.95. The molecule has 6 nitrogen and oxygen atoms in total. The van der Waals surface area contributed by atoms with Crippen molar-refractivity contribution in [3.63, 3.8) is 0 Å². The highest BCUT2D eigenvalue weighted by Crippen LogP contribution is 2.47. The molecule has 0 spiro atoms. The minimum Gasteiger partial charge on any atom is -0.354 e. The summed E-state index contributed by atoms with van der Waals surface area (Å²) in [5.74, 6) is -0.832. The number of hydrogen-bond donors (Lipinski definition) is 1. The Kier molecular flexibility index (Phi) is 6.98. The zero-order valence-corrected chi connectivity index (χ0v) is 20.8. The summed E-state index contributed by atoms with van der Waals surface area (Å²) in [5, 5.41) is 2.61. The number of carbonyl (C=O) groups is 3. The van der Waals surface area contributed by atoms with Gasteiger partial charge in [0.25, 0.3) is 0 Å². The lowest BCUT2D eigenvalue weighted by Crippen LogP contribution is -2.62. The number of urea groups is 1. The number of thioether (sulfide) groups is 1. The number of imide groups is 1. The molecule has 2 atom stereocenters. The maximum absolute atomic E-state index is 13.6. The van der Waals surface area contributed by atoms with Crippen LogP contribution in [0, 0.1) is 19.8 Å². The van der Waals surface area contributed by atoms with Crippen molar-refractivity contribution in [2.45, 2.75) is 65.2 Å². The molecule has 1 aliphatic carbocycles. The van der Waals surface area contributed by atoms with E-state index in [-0.39, 0.29) is 23.7 Å². The van der Waals surface area contributed by atoms with Crippen LogP contribution in [-0.4, -0.2) is 41.2 Å². The van der Waals surface area contributed by atoms with Crippen LogP contribution in [0.15, 0.2) is 40.3 Å². The molecule has 1 fully saturated rings. The summed E-state index contributed by atoms with van der Waals surface area (Å²) in [6.45, 7) is 8.42. The number of rotatable bonds is 6. The second-order valence-electron chi connectivity index (χ2n) is 9.29. The Labute approximate surface area is 200 Å². The molecule has 33 heavy (non-hydrogen) atoms. The van der Waals surface area contributed by atoms with Gasteiger partial charge < -0.3 is 10.2 Å². The topological polar surface area (TPSA) is 69.7 Å². The molecular weight excluding hydrogens is 434 g/mol. The first kappa shape index (κ1) is 23.6. The van der Waals surface area contributed by atoms with Gasteiger partial charge in [0.2, 0.25) is 11.8 Å². The molecule has 4 rings (SSSR count). The van der Waals surface area contributed by atoms with Crippen molar-refractivity contribution in [3.05, 3.63) is 51.5 Å². The van der Waals surface area contributed by atoms with Crippen LogP contribution in [-0.2, 0) is 9.59 Å². The number of fused-ring (bicyclic) bond motifs is 1. The van der Waals surface area contributed by atoms with E-state index in [1.807, 2.05) is 45.9 Å². The molecule has 1 aromatic carbocycles. The zero-order valence-electron chi connectivity index (χ0n) is 19.9. The van der Waals surface area contributed by atoms with Gasteiger partial charge in [0.05, 0.1) is 17.0 Å². The largest absolute Gasteiger partial charge is 0.354 e. The molecule has 2 aliphatic heterocycles. The van der Waals surface area contributed by atoms with Crippen molar-refractivity contribution in [2.75, 3.05) is 18.0 Å². The average Bonchev–Trinajstić information content (AvgIpc) is 3.09. The highest BCUT2D eigenvalue weighted by Gasteiger charge is 2.51. The Morgan fingerprint density at radius 2 is 1.91 bits per heavy atom. The third-order valence-corrected chi connectivity index (χ3v) is 8.49. The molecule has 3 aliphatic rings. The predicted molar refractivity (Wildman–Crippen MR) is 133 cm³/mol. The van der Waals surface area contributed by atoms with Crippen LogP contribution in [0.5, 0.6) is 0 Å². The first-order chi connectivity index (χ1) is 15.8. The lowest BCUT2D eigenvalue weighted by Gasteiger charge is -2.41. The molecular formula is C26H33N3O3S. The smallest absolute Gasteiger partial charge is 0.332 e. The number of nitrogens with one attached hydrogen (secondary N) is 1. The predicted octanol–water partition coefficient (Wildman–Crippen LogP) is 5.06. The number of benzene rings is 1. The molecule has 7 heteroatoms. The zero-order chi connectivity index (χ0) is 23.7. The van der Waals surface area contributed by atoms with Gasteiger partial charge in [0.15, 0.2) is 0 Å². The molecule has 0 bridgehead atoms. The van der Waals surface area contributed by atoms with Crippen LogP contribution < -0.4 is 10.2 Å². The van der Waals surface area contributed by atoms with Crippen LogP contribution in [0.2, 0.25) is 0 Å². The fourth-order valence-electron chi connectivity index (χ4n) is 4.76. The number of carbonyl (C=O) groups excluding carboxylic acids is 3. The monoisotopic (exact) mass is 467 g/mol. The van der Waals surface area contributed by atoms with E-state index in [9.17, 15) is 14.4 Å². The molecule has 4 amide bonds. The number of amides is 4. The first-order valence-electron chi connectivity index (χ1n) is 11.8. The van der Waals surface area contributed by atoms with Gasteiger partial charge in [0, 0.05) is 6.54 Å². The summed E-state index contributed by atoms with van der Waals surface area (Å²) < 4.78 is 0. The van der Waals surface area contributed by atoms with E-state index in [1.165, 1.54) is 35.1 Å². The minimum atomic E-state index is -0.436. The van der Waals surface area contributed by atoms with Crippen LogP contribution in [0.1, 0.15) is 57.1 Å². The van der Waals surface area contributed by atoms with E-state index in [1.54, 1.807) is 4.90 Å². The highest BCUT2D eigenvalue weighted by atomic mass is 32.2. The van der Waals surface area contributed by atoms with E-state index in [4.69, 9.17) is 0 Å². The van der Waals surface area contributed by atoms with Gasteiger partial charge in [0.1, 0.15) is 6.54 Å². The van der Waals surface area contributed by atoms with Crippen molar-refractivity contribution in [3.8, 4) is 0 Å². The van der Waals surface area contributed by atoms with Crippen LogP contribution in [0.4, 0.5) is 10.5 Å². The number of allylic oxidation sites excluding steroid dienone is 2. The van der Waals surface area contributed by atoms with E-state index in [0.717, 1.165) is 40.9 Å². The van der Waals surface area contributed by atoms with Gasteiger partial charge in [-0.2, -0.15) is 0 Å². The van der Waals surface area contributed by atoms with Crippen LogP contribution >= 0.6 is 11.8 Å². The third kappa shape index (κ3) is 4.74.